The number of ether oxygens (including phenoxy) is 1. The molecule has 0 N–H and O–H groups in total. The Hall–Kier alpha value is -0.180. The molecule has 12 heavy (non-hydrogen) atoms. The molecule has 2 aliphatic heterocycles. The molecule has 1 fully saturated rings. The molecule has 1 unspecified atom stereocenters. The van der Waals surface area contributed by atoms with Crippen LogP contribution in [0.2, 0.25) is 0 Å². The van der Waals surface area contributed by atoms with Crippen LogP contribution in [0.25, 0.3) is 0 Å². The quantitative estimate of drug-likeness (QED) is 0.622. The molecule has 68 valence electrons. The van der Waals surface area contributed by atoms with Crippen molar-refractivity contribution in [1.29, 1.82) is 0 Å². The van der Waals surface area contributed by atoms with E-state index in [9.17, 15) is 0 Å². The van der Waals surface area contributed by atoms with Gasteiger partial charge in [-0.1, -0.05) is 6.42 Å². The molecule has 0 aromatic rings. The van der Waals surface area contributed by atoms with Crippen LogP contribution in [0.15, 0.2) is 4.99 Å². The van der Waals surface area contributed by atoms with Crippen LogP contribution in [0.1, 0.15) is 19.3 Å². The Morgan fingerprint density at radius 1 is 1.42 bits per heavy atom. The Morgan fingerprint density at radius 2 is 2.42 bits per heavy atom. The SMILES string of the molecule is C1CCC(C2=NCCO2)CSC1. The van der Waals surface area contributed by atoms with Crippen molar-refractivity contribution >= 4 is 17.7 Å². The maximum absolute atomic E-state index is 5.48. The van der Waals surface area contributed by atoms with E-state index in [1.807, 2.05) is 11.8 Å². The highest BCUT2D eigenvalue weighted by Gasteiger charge is 2.21. The average Bonchev–Trinajstić information content (AvgIpc) is 2.48. The van der Waals surface area contributed by atoms with E-state index < -0.39 is 0 Å². The van der Waals surface area contributed by atoms with Crippen LogP contribution in [-0.2, 0) is 4.74 Å². The lowest BCUT2D eigenvalue weighted by Crippen LogP contribution is -2.16. The molecular formula is C9H15NOS. The van der Waals surface area contributed by atoms with E-state index in [1.165, 1.54) is 30.8 Å². The van der Waals surface area contributed by atoms with Crippen molar-refractivity contribution in [2.45, 2.75) is 19.3 Å². The summed E-state index contributed by atoms with van der Waals surface area (Å²) in [7, 11) is 0. The van der Waals surface area contributed by atoms with Crippen LogP contribution in [-0.4, -0.2) is 30.6 Å². The van der Waals surface area contributed by atoms with E-state index in [2.05, 4.69) is 4.99 Å². The first-order valence-electron chi connectivity index (χ1n) is 4.72. The van der Waals surface area contributed by atoms with E-state index in [0.717, 1.165) is 19.0 Å². The van der Waals surface area contributed by atoms with Gasteiger partial charge in [0.2, 0.25) is 0 Å². The van der Waals surface area contributed by atoms with E-state index in [1.54, 1.807) is 0 Å². The molecule has 0 amide bonds. The number of hydrogen-bond donors (Lipinski definition) is 0. The van der Waals surface area contributed by atoms with Gasteiger partial charge in [0, 0.05) is 11.7 Å². The van der Waals surface area contributed by atoms with Gasteiger partial charge in [0.15, 0.2) is 5.90 Å². The van der Waals surface area contributed by atoms with Crippen molar-refractivity contribution in [1.82, 2.24) is 0 Å². The maximum Gasteiger partial charge on any atom is 0.187 e. The van der Waals surface area contributed by atoms with Crippen LogP contribution >= 0.6 is 11.8 Å². The maximum atomic E-state index is 5.48. The van der Waals surface area contributed by atoms with E-state index >= 15 is 0 Å². The van der Waals surface area contributed by atoms with E-state index in [0.29, 0.717) is 5.92 Å². The summed E-state index contributed by atoms with van der Waals surface area (Å²) in [5, 5.41) is 0. The summed E-state index contributed by atoms with van der Waals surface area (Å²) in [5.41, 5.74) is 0. The van der Waals surface area contributed by atoms with Crippen LogP contribution in [0.4, 0.5) is 0 Å². The largest absolute Gasteiger partial charge is 0.479 e. The fourth-order valence-electron chi connectivity index (χ4n) is 1.70. The van der Waals surface area contributed by atoms with Crippen LogP contribution < -0.4 is 0 Å². The second-order valence-electron chi connectivity index (χ2n) is 3.34. The van der Waals surface area contributed by atoms with Crippen LogP contribution in [0, 0.1) is 5.92 Å². The molecule has 0 radical (unpaired) electrons. The predicted molar refractivity (Wildman–Crippen MR) is 52.9 cm³/mol. The van der Waals surface area contributed by atoms with Gasteiger partial charge in [-0.05, 0) is 18.6 Å². The molecule has 0 aromatic carbocycles. The summed E-state index contributed by atoms with van der Waals surface area (Å²) in [6.45, 7) is 1.70. The molecule has 2 nitrogen and oxygen atoms in total. The number of rotatable bonds is 1. The van der Waals surface area contributed by atoms with Gasteiger partial charge in [-0.25, -0.2) is 0 Å². The van der Waals surface area contributed by atoms with E-state index in [4.69, 9.17) is 4.74 Å². The molecule has 2 rings (SSSR count). The van der Waals surface area contributed by atoms with Crippen molar-refractivity contribution in [2.24, 2.45) is 10.9 Å². The summed E-state index contributed by atoms with van der Waals surface area (Å²) in [4.78, 5) is 4.38. The van der Waals surface area contributed by atoms with E-state index in [-0.39, 0.29) is 0 Å². The molecule has 0 aromatic heterocycles. The fraction of sp³-hybridized carbons (Fsp3) is 0.889. The Labute approximate surface area is 77.8 Å². The highest BCUT2D eigenvalue weighted by atomic mass is 32.2. The minimum Gasteiger partial charge on any atom is -0.479 e. The lowest BCUT2D eigenvalue weighted by molar-refractivity contribution is 0.322. The monoisotopic (exact) mass is 185 g/mol. The smallest absolute Gasteiger partial charge is 0.187 e. The minimum atomic E-state index is 0.625. The fourth-order valence-corrected chi connectivity index (χ4v) is 2.87. The first kappa shape index (κ1) is 8.42. The molecule has 0 spiro atoms. The van der Waals surface area contributed by atoms with Gasteiger partial charge in [-0.2, -0.15) is 11.8 Å². The third-order valence-corrected chi connectivity index (χ3v) is 3.58. The summed E-state index contributed by atoms with van der Waals surface area (Å²) >= 11 is 2.05. The molecule has 0 saturated carbocycles. The average molecular weight is 185 g/mol. The Kier molecular flexibility index (Phi) is 2.93. The van der Waals surface area contributed by atoms with Gasteiger partial charge in [-0.3, -0.25) is 4.99 Å². The summed E-state index contributed by atoms with van der Waals surface area (Å²) < 4.78 is 5.48. The second kappa shape index (κ2) is 4.17. The van der Waals surface area contributed by atoms with Crippen molar-refractivity contribution in [3.8, 4) is 0 Å². The van der Waals surface area contributed by atoms with Gasteiger partial charge in [0.25, 0.3) is 0 Å². The second-order valence-corrected chi connectivity index (χ2v) is 4.49. The van der Waals surface area contributed by atoms with Crippen molar-refractivity contribution in [2.75, 3.05) is 24.7 Å². The zero-order valence-corrected chi connectivity index (χ0v) is 8.11. The van der Waals surface area contributed by atoms with Crippen LogP contribution in [0.3, 0.4) is 0 Å². The van der Waals surface area contributed by atoms with Gasteiger partial charge >= 0.3 is 0 Å². The third-order valence-electron chi connectivity index (χ3n) is 2.37. The first-order chi connectivity index (χ1) is 5.97. The summed E-state index contributed by atoms with van der Waals surface area (Å²) in [6, 6.07) is 0. The zero-order valence-electron chi connectivity index (χ0n) is 7.29. The lowest BCUT2D eigenvalue weighted by Gasteiger charge is -2.12. The molecule has 2 aliphatic rings. The molecule has 3 heteroatoms. The van der Waals surface area contributed by atoms with Gasteiger partial charge in [0.05, 0.1) is 6.54 Å². The molecule has 0 aliphatic carbocycles. The number of hydrogen-bond acceptors (Lipinski definition) is 3. The molecule has 1 atom stereocenters. The highest BCUT2D eigenvalue weighted by molar-refractivity contribution is 7.99. The summed E-state index contributed by atoms with van der Waals surface area (Å²) in [5.74, 6) is 4.22. The van der Waals surface area contributed by atoms with Gasteiger partial charge in [0.1, 0.15) is 6.61 Å². The van der Waals surface area contributed by atoms with Crippen LogP contribution in [0.5, 0.6) is 0 Å². The highest BCUT2D eigenvalue weighted by Crippen LogP contribution is 2.24. The normalized spacial score (nSPS) is 30.7. The topological polar surface area (TPSA) is 21.6 Å². The summed E-state index contributed by atoms with van der Waals surface area (Å²) in [6.07, 6.45) is 4.00. The molecule has 0 bridgehead atoms. The van der Waals surface area contributed by atoms with Crippen molar-refractivity contribution in [3.05, 3.63) is 0 Å². The molecular weight excluding hydrogens is 170 g/mol. The van der Waals surface area contributed by atoms with Gasteiger partial charge < -0.3 is 4.74 Å². The number of thioether (sulfide) groups is 1. The zero-order chi connectivity index (χ0) is 8.23. The Bertz CT molecular complexity index is 173. The number of nitrogens with zero attached hydrogens (tertiary/aromatic N) is 1. The third kappa shape index (κ3) is 1.94. The molecule has 1 saturated heterocycles. The van der Waals surface area contributed by atoms with Crippen molar-refractivity contribution < 1.29 is 4.74 Å². The lowest BCUT2D eigenvalue weighted by atomic mass is 10.0. The Balaban J connectivity index is 1.91. The number of aliphatic imine (C=N–C) groups is 1. The Morgan fingerprint density at radius 3 is 3.25 bits per heavy atom. The van der Waals surface area contributed by atoms with Gasteiger partial charge in [-0.15, -0.1) is 0 Å². The van der Waals surface area contributed by atoms with Crippen molar-refractivity contribution in [3.63, 3.8) is 0 Å². The first-order valence-corrected chi connectivity index (χ1v) is 5.87. The predicted octanol–water partition coefficient (Wildman–Crippen LogP) is 1.95. The molecule has 2 heterocycles. The minimum absolute atomic E-state index is 0.625. The standard InChI is InChI=1S/C9H15NOS/c1-2-6-12-7-8(3-1)9-10-4-5-11-9/h8H,1-7H2.